The van der Waals surface area contributed by atoms with E-state index >= 15 is 0 Å². The molecule has 3 spiro atoms. The number of Topliss-reactive ketones (excluding diaryl/α,β-unsaturated/α-hetero) is 1. The van der Waals surface area contributed by atoms with Gasteiger partial charge in [0, 0.05) is 42.9 Å². The SMILES string of the molecule is C[C@H]1CC[C@@]2(OC1)O[C@H]1C=C3[C@@H]4CC[C@H]5CC(/C=C/C[C@]6(C)CC(=O)CC7(C6)OCCO7)=CC[C@]5(C)[C@H]4CC4(OCCO4)[C@]3(C)[C@H]1[C@@H]2C. The first-order valence-corrected chi connectivity index (χ1v) is 19.4. The van der Waals surface area contributed by atoms with E-state index in [2.05, 4.69) is 58.9 Å². The predicted molar refractivity (Wildman–Crippen MR) is 181 cm³/mol. The molecule has 0 radical (unpaired) electrons. The lowest BCUT2D eigenvalue weighted by Gasteiger charge is -2.63. The molecule has 4 heterocycles. The van der Waals surface area contributed by atoms with Crippen molar-refractivity contribution < 1.29 is 33.2 Å². The van der Waals surface area contributed by atoms with Crippen LogP contribution in [-0.2, 0) is 33.2 Å². The summed E-state index contributed by atoms with van der Waals surface area (Å²) in [6.07, 6.45) is 20.3. The van der Waals surface area contributed by atoms with Gasteiger partial charge in [0.2, 0.25) is 0 Å². The van der Waals surface area contributed by atoms with Crippen LogP contribution in [0.25, 0.3) is 0 Å². The lowest BCUT2D eigenvalue weighted by atomic mass is 9.44. The Labute approximate surface area is 287 Å². The molecule has 9 aliphatic rings. The minimum atomic E-state index is -0.690. The summed E-state index contributed by atoms with van der Waals surface area (Å²) in [5.41, 5.74) is 2.88. The molecule has 0 aromatic carbocycles. The number of fused-ring (bicyclic) bond motifs is 8. The van der Waals surface area contributed by atoms with Gasteiger partial charge in [-0.1, -0.05) is 70.1 Å². The number of ether oxygens (including phenoxy) is 6. The highest BCUT2D eigenvalue weighted by Gasteiger charge is 2.74. The van der Waals surface area contributed by atoms with E-state index in [1.54, 1.807) is 5.57 Å². The first kappa shape index (κ1) is 32.6. The van der Waals surface area contributed by atoms with Crippen LogP contribution >= 0.6 is 0 Å². The molecule has 4 saturated heterocycles. The lowest BCUT2D eigenvalue weighted by molar-refractivity contribution is -0.281. The second-order valence-electron chi connectivity index (χ2n) is 18.4. The van der Waals surface area contributed by atoms with Crippen molar-refractivity contribution >= 4 is 5.78 Å². The molecule has 3 saturated carbocycles. The Kier molecular flexibility index (Phi) is 7.51. The first-order valence-electron chi connectivity index (χ1n) is 19.4. The summed E-state index contributed by atoms with van der Waals surface area (Å²) in [6, 6.07) is 0. The van der Waals surface area contributed by atoms with Crippen LogP contribution in [0.3, 0.4) is 0 Å². The van der Waals surface area contributed by atoms with Crippen LogP contribution in [0, 0.1) is 51.8 Å². The second kappa shape index (κ2) is 11.1. The van der Waals surface area contributed by atoms with Gasteiger partial charge in [0.1, 0.15) is 5.78 Å². The van der Waals surface area contributed by atoms with Crippen molar-refractivity contribution in [1.82, 2.24) is 0 Å². The van der Waals surface area contributed by atoms with E-state index in [0.29, 0.717) is 68.9 Å². The highest BCUT2D eigenvalue weighted by molar-refractivity contribution is 5.81. The van der Waals surface area contributed by atoms with Crippen LogP contribution in [0.5, 0.6) is 0 Å². The molecule has 0 N–H and O–H groups in total. The first-order chi connectivity index (χ1) is 22.9. The maximum Gasteiger partial charge on any atom is 0.178 e. The number of allylic oxidation sites excluding steroid dienone is 4. The van der Waals surface area contributed by atoms with Crippen LogP contribution in [0.15, 0.2) is 35.5 Å². The Morgan fingerprint density at radius 1 is 0.938 bits per heavy atom. The fraction of sp³-hybridized carbons (Fsp3) is 0.829. The van der Waals surface area contributed by atoms with Gasteiger partial charge in [-0.05, 0) is 73.0 Å². The van der Waals surface area contributed by atoms with Crippen LogP contribution in [0.4, 0.5) is 0 Å². The van der Waals surface area contributed by atoms with Gasteiger partial charge in [-0.3, -0.25) is 4.79 Å². The summed E-state index contributed by atoms with van der Waals surface area (Å²) in [5.74, 6) is 1.37. The number of hydrogen-bond donors (Lipinski definition) is 0. The highest BCUT2D eigenvalue weighted by atomic mass is 16.7. The number of carbonyl (C=O) groups excluding carboxylic acids is 1. The maximum atomic E-state index is 12.7. The summed E-state index contributed by atoms with van der Waals surface area (Å²) in [6.45, 7) is 15.3. The van der Waals surface area contributed by atoms with Crippen molar-refractivity contribution in [2.24, 2.45) is 51.8 Å². The molecule has 0 amide bonds. The maximum absolute atomic E-state index is 12.7. The molecule has 7 heteroatoms. The zero-order valence-corrected chi connectivity index (χ0v) is 30.0. The van der Waals surface area contributed by atoms with E-state index in [-0.39, 0.29) is 34.1 Å². The largest absolute Gasteiger partial charge is 0.349 e. The minimum Gasteiger partial charge on any atom is -0.349 e. The average molecular weight is 663 g/mol. The van der Waals surface area contributed by atoms with Gasteiger partial charge >= 0.3 is 0 Å². The van der Waals surface area contributed by atoms with Crippen molar-refractivity contribution in [2.75, 3.05) is 33.0 Å². The van der Waals surface area contributed by atoms with E-state index in [0.717, 1.165) is 51.6 Å². The molecule has 4 aliphatic heterocycles. The molecule has 5 aliphatic carbocycles. The van der Waals surface area contributed by atoms with Gasteiger partial charge < -0.3 is 28.4 Å². The summed E-state index contributed by atoms with van der Waals surface area (Å²) < 4.78 is 39.3. The molecule has 0 bridgehead atoms. The van der Waals surface area contributed by atoms with Gasteiger partial charge in [0.25, 0.3) is 0 Å². The minimum absolute atomic E-state index is 0.0633. The Balaban J connectivity index is 0.957. The van der Waals surface area contributed by atoms with Crippen molar-refractivity contribution in [3.8, 4) is 0 Å². The summed E-state index contributed by atoms with van der Waals surface area (Å²) in [4.78, 5) is 12.7. The zero-order chi connectivity index (χ0) is 33.2. The molecule has 11 atom stereocenters. The third-order valence-corrected chi connectivity index (χ3v) is 15.5. The van der Waals surface area contributed by atoms with Crippen molar-refractivity contribution in [2.45, 2.75) is 129 Å². The number of carbonyl (C=O) groups is 1. The predicted octanol–water partition coefficient (Wildman–Crippen LogP) is 7.69. The van der Waals surface area contributed by atoms with E-state index in [1.165, 1.54) is 18.4 Å². The molecular formula is C41H58O7. The molecular weight excluding hydrogens is 604 g/mol. The normalized spacial score (nSPS) is 50.4. The highest BCUT2D eigenvalue weighted by Crippen LogP contribution is 2.73. The number of rotatable bonds is 3. The summed E-state index contributed by atoms with van der Waals surface area (Å²) in [5, 5.41) is 0. The second-order valence-corrected chi connectivity index (χ2v) is 18.4. The van der Waals surface area contributed by atoms with Gasteiger partial charge in [0.15, 0.2) is 17.4 Å². The van der Waals surface area contributed by atoms with E-state index < -0.39 is 17.4 Å². The van der Waals surface area contributed by atoms with Crippen molar-refractivity contribution in [3.63, 3.8) is 0 Å². The van der Waals surface area contributed by atoms with Crippen molar-refractivity contribution in [1.29, 1.82) is 0 Å². The van der Waals surface area contributed by atoms with Gasteiger partial charge in [-0.15, -0.1) is 0 Å². The van der Waals surface area contributed by atoms with Gasteiger partial charge in [-0.25, -0.2) is 0 Å². The fourth-order valence-electron chi connectivity index (χ4n) is 13.1. The monoisotopic (exact) mass is 662 g/mol. The van der Waals surface area contributed by atoms with Crippen LogP contribution in [-0.4, -0.2) is 62.3 Å². The summed E-state index contributed by atoms with van der Waals surface area (Å²) in [7, 11) is 0. The van der Waals surface area contributed by atoms with Crippen molar-refractivity contribution in [3.05, 3.63) is 35.5 Å². The third kappa shape index (κ3) is 4.62. The molecule has 7 nitrogen and oxygen atoms in total. The fourth-order valence-corrected chi connectivity index (χ4v) is 13.1. The smallest absolute Gasteiger partial charge is 0.178 e. The Morgan fingerprint density at radius 2 is 1.71 bits per heavy atom. The molecule has 7 fully saturated rings. The Morgan fingerprint density at radius 3 is 2.46 bits per heavy atom. The summed E-state index contributed by atoms with van der Waals surface area (Å²) >= 11 is 0. The van der Waals surface area contributed by atoms with Gasteiger partial charge in [0.05, 0.1) is 45.6 Å². The Bertz CT molecular complexity index is 1410. The van der Waals surface area contributed by atoms with E-state index in [4.69, 9.17) is 28.4 Å². The van der Waals surface area contributed by atoms with Crippen LogP contribution in [0.1, 0.15) is 105 Å². The Hall–Kier alpha value is -1.35. The molecule has 0 aromatic rings. The molecule has 0 unspecified atom stereocenters. The topological polar surface area (TPSA) is 72.5 Å². The molecule has 0 aromatic heterocycles. The van der Waals surface area contributed by atoms with Gasteiger partial charge in [-0.2, -0.15) is 0 Å². The zero-order valence-electron chi connectivity index (χ0n) is 30.0. The molecule has 9 rings (SSSR count). The van der Waals surface area contributed by atoms with Crippen LogP contribution < -0.4 is 0 Å². The third-order valence-electron chi connectivity index (χ3n) is 15.5. The van der Waals surface area contributed by atoms with E-state index in [9.17, 15) is 4.79 Å². The lowest BCUT2D eigenvalue weighted by Crippen LogP contribution is -2.63. The average Bonchev–Trinajstić information content (AvgIpc) is 3.81. The standard InChI is InChI=1S/C41H58O7/c1-26-10-14-40(47-24-26)27(2)35-34(48-40)20-32-31-9-8-29-19-28(7-6-12-36(3)21-30(42)22-39(25-36)43-15-16-44-39)11-13-37(29,4)33(31)23-41(38(32,35)5)45-17-18-46-41/h6-7,11,20,26-27,29,31,33-35H,8-10,12-19,21-25H2,1-5H3/b7-6+/t26-,27-,29-,31-,33-,34-,35-,36+,37-,38-,40+/m0/s1. The van der Waals surface area contributed by atoms with Crippen LogP contribution in [0.2, 0.25) is 0 Å². The molecule has 264 valence electrons. The quantitative estimate of drug-likeness (QED) is 0.287. The number of hydrogen-bond acceptors (Lipinski definition) is 7. The van der Waals surface area contributed by atoms with E-state index in [1.807, 2.05) is 0 Å². The number of ketones is 1. The molecule has 48 heavy (non-hydrogen) atoms.